The van der Waals surface area contributed by atoms with Gasteiger partial charge in [-0.15, -0.1) is 0 Å². The Morgan fingerprint density at radius 3 is 2.42 bits per heavy atom. The SMILES string of the molecule is COc1cc(C2CC(CNCC(O)c3ccc(O)c(CO)c3)CO2)cc(OC)c1OC. The molecule has 0 bridgehead atoms. The van der Waals surface area contributed by atoms with Gasteiger partial charge < -0.3 is 39.6 Å². The van der Waals surface area contributed by atoms with Gasteiger partial charge in [-0.2, -0.15) is 0 Å². The average Bonchev–Trinajstić information content (AvgIpc) is 3.27. The monoisotopic (exact) mass is 433 g/mol. The van der Waals surface area contributed by atoms with Gasteiger partial charge in [0, 0.05) is 18.7 Å². The minimum absolute atomic E-state index is 0.0207. The van der Waals surface area contributed by atoms with Crippen LogP contribution >= 0.6 is 0 Å². The Balaban J connectivity index is 1.55. The predicted molar refractivity (Wildman–Crippen MR) is 115 cm³/mol. The van der Waals surface area contributed by atoms with Crippen molar-refractivity contribution in [3.8, 4) is 23.0 Å². The second-order valence-electron chi connectivity index (χ2n) is 7.60. The summed E-state index contributed by atoms with van der Waals surface area (Å²) < 4.78 is 22.2. The third kappa shape index (κ3) is 5.40. The quantitative estimate of drug-likeness (QED) is 0.452. The molecule has 1 fully saturated rings. The molecule has 4 N–H and O–H groups in total. The molecule has 0 saturated carbocycles. The summed E-state index contributed by atoms with van der Waals surface area (Å²) in [6.45, 7) is 1.39. The van der Waals surface area contributed by atoms with Crippen LogP contribution in [-0.4, -0.2) is 56.3 Å². The van der Waals surface area contributed by atoms with Crippen molar-refractivity contribution in [2.75, 3.05) is 41.0 Å². The van der Waals surface area contributed by atoms with Gasteiger partial charge in [0.05, 0.1) is 46.8 Å². The first-order chi connectivity index (χ1) is 15.0. The van der Waals surface area contributed by atoms with Gasteiger partial charge in [-0.3, -0.25) is 0 Å². The predicted octanol–water partition coefficient (Wildman–Crippen LogP) is 2.31. The van der Waals surface area contributed by atoms with Gasteiger partial charge in [-0.25, -0.2) is 0 Å². The molecule has 0 aliphatic carbocycles. The number of nitrogens with one attached hydrogen (secondary N) is 1. The fraction of sp³-hybridized carbons (Fsp3) is 0.478. The van der Waals surface area contributed by atoms with Gasteiger partial charge in [0.1, 0.15) is 5.75 Å². The molecule has 1 heterocycles. The number of aliphatic hydroxyl groups excluding tert-OH is 2. The number of aliphatic hydroxyl groups is 2. The molecule has 0 amide bonds. The number of methoxy groups -OCH3 is 3. The molecule has 0 spiro atoms. The lowest BCUT2D eigenvalue weighted by atomic mass is 9.99. The van der Waals surface area contributed by atoms with E-state index in [2.05, 4.69) is 5.32 Å². The topological polar surface area (TPSA) is 110 Å². The zero-order chi connectivity index (χ0) is 22.4. The molecule has 2 aromatic rings. The molecule has 8 heteroatoms. The van der Waals surface area contributed by atoms with E-state index in [0.29, 0.717) is 54.0 Å². The molecule has 1 saturated heterocycles. The molecular formula is C23H31NO7. The maximum atomic E-state index is 10.4. The first-order valence-corrected chi connectivity index (χ1v) is 10.2. The van der Waals surface area contributed by atoms with Gasteiger partial charge in [0.2, 0.25) is 5.75 Å². The van der Waals surface area contributed by atoms with Gasteiger partial charge in [-0.05, 0) is 47.7 Å². The van der Waals surface area contributed by atoms with Crippen LogP contribution in [0.3, 0.4) is 0 Å². The highest BCUT2D eigenvalue weighted by atomic mass is 16.5. The van der Waals surface area contributed by atoms with Crippen LogP contribution in [0.4, 0.5) is 0 Å². The summed E-state index contributed by atoms with van der Waals surface area (Å²) in [4.78, 5) is 0. The molecule has 3 rings (SSSR count). The maximum Gasteiger partial charge on any atom is 0.203 e. The van der Waals surface area contributed by atoms with Crippen LogP contribution in [0.5, 0.6) is 23.0 Å². The second-order valence-corrected chi connectivity index (χ2v) is 7.60. The summed E-state index contributed by atoms with van der Waals surface area (Å²) in [5, 5.41) is 32.6. The molecule has 1 aliphatic heterocycles. The third-order valence-electron chi connectivity index (χ3n) is 5.57. The van der Waals surface area contributed by atoms with Crippen LogP contribution in [0, 0.1) is 5.92 Å². The zero-order valence-electron chi connectivity index (χ0n) is 18.1. The first-order valence-electron chi connectivity index (χ1n) is 10.2. The zero-order valence-corrected chi connectivity index (χ0v) is 18.1. The minimum atomic E-state index is -0.737. The molecule has 1 aliphatic rings. The first kappa shape index (κ1) is 23.1. The van der Waals surface area contributed by atoms with Crippen LogP contribution in [0.1, 0.15) is 35.3 Å². The van der Waals surface area contributed by atoms with E-state index in [9.17, 15) is 15.3 Å². The molecular weight excluding hydrogens is 402 g/mol. The van der Waals surface area contributed by atoms with Crippen molar-refractivity contribution in [3.05, 3.63) is 47.0 Å². The van der Waals surface area contributed by atoms with Crippen molar-refractivity contribution in [1.29, 1.82) is 0 Å². The van der Waals surface area contributed by atoms with Gasteiger partial charge in [-0.1, -0.05) is 6.07 Å². The molecule has 3 unspecified atom stereocenters. The normalized spacial score (nSPS) is 19.3. The van der Waals surface area contributed by atoms with Crippen molar-refractivity contribution >= 4 is 0 Å². The molecule has 31 heavy (non-hydrogen) atoms. The molecule has 3 atom stereocenters. The van der Waals surface area contributed by atoms with Crippen molar-refractivity contribution < 1.29 is 34.3 Å². The van der Waals surface area contributed by atoms with Crippen molar-refractivity contribution in [2.24, 2.45) is 5.92 Å². The standard InChI is InChI=1S/C23H31NO7/c1-28-21-8-16(9-22(29-2)23(21)30-3)20-6-14(13-31-20)10-24-11-19(27)15-4-5-18(26)17(7-15)12-25/h4-5,7-9,14,19-20,24-27H,6,10-13H2,1-3H3. The highest BCUT2D eigenvalue weighted by Crippen LogP contribution is 2.42. The molecule has 0 aromatic heterocycles. The number of hydrogen-bond donors (Lipinski definition) is 4. The van der Waals surface area contributed by atoms with E-state index in [0.717, 1.165) is 12.0 Å². The molecule has 2 aromatic carbocycles. The van der Waals surface area contributed by atoms with Gasteiger partial charge in [0.15, 0.2) is 11.5 Å². The van der Waals surface area contributed by atoms with E-state index in [1.807, 2.05) is 12.1 Å². The highest BCUT2D eigenvalue weighted by molar-refractivity contribution is 5.54. The van der Waals surface area contributed by atoms with Gasteiger partial charge in [0.25, 0.3) is 0 Å². The summed E-state index contributed by atoms with van der Waals surface area (Å²) in [6, 6.07) is 8.57. The highest BCUT2D eigenvalue weighted by Gasteiger charge is 2.28. The summed E-state index contributed by atoms with van der Waals surface area (Å²) >= 11 is 0. The lowest BCUT2D eigenvalue weighted by Crippen LogP contribution is -2.27. The van der Waals surface area contributed by atoms with E-state index in [4.69, 9.17) is 18.9 Å². The van der Waals surface area contributed by atoms with Crippen molar-refractivity contribution in [2.45, 2.75) is 25.2 Å². The van der Waals surface area contributed by atoms with E-state index in [-0.39, 0.29) is 18.5 Å². The molecule has 170 valence electrons. The van der Waals surface area contributed by atoms with Crippen molar-refractivity contribution in [3.63, 3.8) is 0 Å². The van der Waals surface area contributed by atoms with Crippen LogP contribution in [-0.2, 0) is 11.3 Å². The number of hydrogen-bond acceptors (Lipinski definition) is 8. The Hall–Kier alpha value is -2.52. The Morgan fingerprint density at radius 1 is 1.10 bits per heavy atom. The fourth-order valence-electron chi connectivity index (χ4n) is 3.83. The van der Waals surface area contributed by atoms with E-state index < -0.39 is 6.10 Å². The summed E-state index contributed by atoms with van der Waals surface area (Å²) in [7, 11) is 4.75. The Kier molecular flexibility index (Phi) is 7.97. The second kappa shape index (κ2) is 10.7. The Morgan fingerprint density at radius 2 is 1.81 bits per heavy atom. The number of rotatable bonds is 10. The summed E-state index contributed by atoms with van der Waals surface area (Å²) in [6.07, 6.45) is 0.0176. The molecule has 0 radical (unpaired) electrons. The van der Waals surface area contributed by atoms with E-state index in [1.165, 1.54) is 6.07 Å². The minimum Gasteiger partial charge on any atom is -0.508 e. The van der Waals surface area contributed by atoms with E-state index >= 15 is 0 Å². The lowest BCUT2D eigenvalue weighted by molar-refractivity contribution is 0.106. The molecule has 8 nitrogen and oxygen atoms in total. The summed E-state index contributed by atoms with van der Waals surface area (Å²) in [5.74, 6) is 2.07. The number of phenols is 1. The number of aromatic hydroxyl groups is 1. The fourth-order valence-corrected chi connectivity index (χ4v) is 3.83. The van der Waals surface area contributed by atoms with Crippen LogP contribution in [0.2, 0.25) is 0 Å². The summed E-state index contributed by atoms with van der Waals surface area (Å²) in [5.41, 5.74) is 2.01. The van der Waals surface area contributed by atoms with Gasteiger partial charge >= 0.3 is 0 Å². The third-order valence-corrected chi connectivity index (χ3v) is 5.57. The average molecular weight is 434 g/mol. The van der Waals surface area contributed by atoms with Crippen molar-refractivity contribution in [1.82, 2.24) is 5.32 Å². The number of ether oxygens (including phenoxy) is 4. The lowest BCUT2D eigenvalue weighted by Gasteiger charge is -2.17. The van der Waals surface area contributed by atoms with Crippen LogP contribution in [0.15, 0.2) is 30.3 Å². The van der Waals surface area contributed by atoms with E-state index in [1.54, 1.807) is 33.5 Å². The maximum absolute atomic E-state index is 10.4. The largest absolute Gasteiger partial charge is 0.508 e. The Bertz CT molecular complexity index is 848. The van der Waals surface area contributed by atoms with Crippen LogP contribution < -0.4 is 19.5 Å². The Labute approximate surface area is 182 Å². The van der Waals surface area contributed by atoms with Crippen LogP contribution in [0.25, 0.3) is 0 Å². The number of benzene rings is 2. The smallest absolute Gasteiger partial charge is 0.203 e.